The molecular formula is C32H30N2O2S. The van der Waals surface area contributed by atoms with Gasteiger partial charge in [0.2, 0.25) is 0 Å². The molecule has 5 heteroatoms. The van der Waals surface area contributed by atoms with Crippen LogP contribution in [0.3, 0.4) is 0 Å². The van der Waals surface area contributed by atoms with Crippen molar-refractivity contribution in [3.8, 4) is 0 Å². The number of carbonyl (C=O) groups excluding carboxylic acids is 2. The van der Waals surface area contributed by atoms with E-state index < -0.39 is 0 Å². The summed E-state index contributed by atoms with van der Waals surface area (Å²) in [6.45, 7) is 4.27. The van der Waals surface area contributed by atoms with Crippen molar-refractivity contribution in [3.63, 3.8) is 0 Å². The van der Waals surface area contributed by atoms with Gasteiger partial charge in [0.25, 0.3) is 11.8 Å². The number of benzene rings is 4. The normalized spacial score (nSPS) is 11.3. The Hall–Kier alpha value is -4.09. The summed E-state index contributed by atoms with van der Waals surface area (Å²) in [5, 5.41) is 5.71. The molecule has 0 aliphatic carbocycles. The zero-order valence-corrected chi connectivity index (χ0v) is 21.8. The molecule has 0 saturated carbocycles. The Balaban J connectivity index is 1.48. The molecule has 2 amide bonds. The van der Waals surface area contributed by atoms with Gasteiger partial charge in [-0.05, 0) is 65.1 Å². The molecule has 0 bridgehead atoms. The maximum absolute atomic E-state index is 13.3. The molecule has 2 N–H and O–H groups in total. The predicted octanol–water partition coefficient (Wildman–Crippen LogP) is 7.51. The third-order valence-corrected chi connectivity index (χ3v) is 6.89. The van der Waals surface area contributed by atoms with Crippen LogP contribution < -0.4 is 10.6 Å². The van der Waals surface area contributed by atoms with E-state index in [4.69, 9.17) is 0 Å². The van der Waals surface area contributed by atoms with Gasteiger partial charge < -0.3 is 10.6 Å². The molecule has 0 aliphatic heterocycles. The number of thioether (sulfide) groups is 1. The van der Waals surface area contributed by atoms with Crippen LogP contribution in [0.5, 0.6) is 0 Å². The van der Waals surface area contributed by atoms with Gasteiger partial charge in [0, 0.05) is 21.9 Å². The summed E-state index contributed by atoms with van der Waals surface area (Å²) in [4.78, 5) is 27.2. The monoisotopic (exact) mass is 506 g/mol. The van der Waals surface area contributed by atoms with Gasteiger partial charge in [-0.15, -0.1) is 11.8 Å². The number of amides is 2. The minimum absolute atomic E-state index is 0.175. The van der Waals surface area contributed by atoms with Crippen LogP contribution in [0.2, 0.25) is 0 Å². The fourth-order valence-corrected chi connectivity index (χ4v) is 4.51. The molecule has 0 radical (unpaired) electrons. The molecule has 37 heavy (non-hydrogen) atoms. The zero-order chi connectivity index (χ0) is 26.0. The van der Waals surface area contributed by atoms with Crippen LogP contribution in [0.25, 0.3) is 6.08 Å². The fraction of sp³-hybridized carbons (Fsp3) is 0.125. The van der Waals surface area contributed by atoms with E-state index >= 15 is 0 Å². The average Bonchev–Trinajstić information content (AvgIpc) is 2.93. The lowest BCUT2D eigenvalue weighted by atomic mass is 10.0. The molecule has 0 spiro atoms. The quantitative estimate of drug-likeness (QED) is 0.182. The number of rotatable bonds is 9. The Bertz CT molecular complexity index is 1350. The summed E-state index contributed by atoms with van der Waals surface area (Å²) in [5.74, 6) is 0.559. The van der Waals surface area contributed by atoms with Crippen LogP contribution in [-0.2, 0) is 10.5 Å². The van der Waals surface area contributed by atoms with E-state index in [9.17, 15) is 9.59 Å². The number of nitrogens with one attached hydrogen (secondary N) is 2. The van der Waals surface area contributed by atoms with Crippen LogP contribution in [0, 0.1) is 0 Å². The third kappa shape index (κ3) is 7.69. The van der Waals surface area contributed by atoms with E-state index in [0.29, 0.717) is 17.2 Å². The highest BCUT2D eigenvalue weighted by Crippen LogP contribution is 2.24. The molecule has 4 rings (SSSR count). The molecule has 0 atom stereocenters. The smallest absolute Gasteiger partial charge is 0.272 e. The van der Waals surface area contributed by atoms with E-state index in [2.05, 4.69) is 36.6 Å². The van der Waals surface area contributed by atoms with Crippen LogP contribution in [0.1, 0.15) is 46.8 Å². The van der Waals surface area contributed by atoms with Crippen LogP contribution in [0.4, 0.5) is 5.69 Å². The van der Waals surface area contributed by atoms with Gasteiger partial charge in [-0.25, -0.2) is 0 Å². The molecule has 4 nitrogen and oxygen atoms in total. The van der Waals surface area contributed by atoms with Gasteiger partial charge in [-0.1, -0.05) is 86.6 Å². The number of carbonyl (C=O) groups is 2. The predicted molar refractivity (Wildman–Crippen MR) is 153 cm³/mol. The van der Waals surface area contributed by atoms with Crippen molar-refractivity contribution < 1.29 is 9.59 Å². The largest absolute Gasteiger partial charge is 0.321 e. The maximum atomic E-state index is 13.3. The average molecular weight is 507 g/mol. The van der Waals surface area contributed by atoms with Crippen molar-refractivity contribution in [1.29, 1.82) is 0 Å². The van der Waals surface area contributed by atoms with Crippen molar-refractivity contribution in [1.82, 2.24) is 5.32 Å². The van der Waals surface area contributed by atoms with E-state index in [1.165, 1.54) is 11.1 Å². The van der Waals surface area contributed by atoms with Crippen molar-refractivity contribution in [2.75, 3.05) is 5.32 Å². The highest BCUT2D eigenvalue weighted by Gasteiger charge is 2.15. The first-order chi connectivity index (χ1) is 18.0. The zero-order valence-electron chi connectivity index (χ0n) is 21.0. The number of hydrogen-bond donors (Lipinski definition) is 2. The molecule has 186 valence electrons. The molecule has 0 aliphatic rings. The minimum Gasteiger partial charge on any atom is -0.321 e. The fourth-order valence-electron chi connectivity index (χ4n) is 3.66. The van der Waals surface area contributed by atoms with Gasteiger partial charge in [0.15, 0.2) is 0 Å². The molecule has 0 saturated heterocycles. The molecule has 0 unspecified atom stereocenters. The SMILES string of the molecule is CC(C)c1ccc(/C=C(\NC(=O)c2ccccc2)C(=O)Nc2ccc(SCc3ccccc3)cc2)cc1. The lowest BCUT2D eigenvalue weighted by Crippen LogP contribution is -2.30. The Labute approximate surface area is 222 Å². The van der Waals surface area contributed by atoms with Gasteiger partial charge in [0.05, 0.1) is 0 Å². The van der Waals surface area contributed by atoms with Crippen LogP contribution >= 0.6 is 11.8 Å². The van der Waals surface area contributed by atoms with Gasteiger partial charge in [-0.3, -0.25) is 9.59 Å². The van der Waals surface area contributed by atoms with Gasteiger partial charge in [-0.2, -0.15) is 0 Å². The molecule has 4 aromatic rings. The topological polar surface area (TPSA) is 58.2 Å². The maximum Gasteiger partial charge on any atom is 0.272 e. The second-order valence-electron chi connectivity index (χ2n) is 8.95. The number of anilines is 1. The summed E-state index contributed by atoms with van der Waals surface area (Å²) in [5.41, 5.74) is 4.61. The second kappa shape index (κ2) is 12.7. The second-order valence-corrected chi connectivity index (χ2v) is 10.0. The van der Waals surface area contributed by atoms with E-state index in [0.717, 1.165) is 16.2 Å². The molecule has 0 fully saturated rings. The summed E-state index contributed by atoms with van der Waals surface area (Å²) in [7, 11) is 0. The summed E-state index contributed by atoms with van der Waals surface area (Å²) in [6, 6.07) is 34.9. The van der Waals surface area contributed by atoms with Crippen molar-refractivity contribution in [3.05, 3.63) is 137 Å². The van der Waals surface area contributed by atoms with Crippen molar-refractivity contribution in [2.24, 2.45) is 0 Å². The molecule has 0 heterocycles. The highest BCUT2D eigenvalue weighted by atomic mass is 32.2. The Morgan fingerprint density at radius 2 is 1.41 bits per heavy atom. The van der Waals surface area contributed by atoms with Crippen molar-refractivity contribution in [2.45, 2.75) is 30.4 Å². The summed E-state index contributed by atoms with van der Waals surface area (Å²) >= 11 is 1.74. The minimum atomic E-state index is -0.387. The van der Waals surface area contributed by atoms with Crippen LogP contribution in [0.15, 0.2) is 120 Å². The first-order valence-electron chi connectivity index (χ1n) is 12.2. The molecular weight excluding hydrogens is 476 g/mol. The van der Waals surface area contributed by atoms with E-state index in [1.54, 1.807) is 42.1 Å². The lowest BCUT2D eigenvalue weighted by Gasteiger charge is -2.12. The summed E-state index contributed by atoms with van der Waals surface area (Å²) < 4.78 is 0. The van der Waals surface area contributed by atoms with E-state index in [1.807, 2.05) is 72.8 Å². The highest BCUT2D eigenvalue weighted by molar-refractivity contribution is 7.98. The lowest BCUT2D eigenvalue weighted by molar-refractivity contribution is -0.113. The first kappa shape index (κ1) is 26.0. The Morgan fingerprint density at radius 3 is 2.03 bits per heavy atom. The molecule has 0 aromatic heterocycles. The van der Waals surface area contributed by atoms with Crippen LogP contribution in [-0.4, -0.2) is 11.8 Å². The Morgan fingerprint density at radius 1 is 0.784 bits per heavy atom. The van der Waals surface area contributed by atoms with Crippen molar-refractivity contribution >= 4 is 35.3 Å². The number of hydrogen-bond acceptors (Lipinski definition) is 3. The summed E-state index contributed by atoms with van der Waals surface area (Å²) in [6.07, 6.45) is 1.70. The third-order valence-electron chi connectivity index (χ3n) is 5.80. The Kier molecular flexibility index (Phi) is 8.95. The first-order valence-corrected chi connectivity index (χ1v) is 13.2. The van der Waals surface area contributed by atoms with Gasteiger partial charge >= 0.3 is 0 Å². The van der Waals surface area contributed by atoms with E-state index in [-0.39, 0.29) is 17.5 Å². The van der Waals surface area contributed by atoms with Gasteiger partial charge in [0.1, 0.15) is 5.70 Å². The molecule has 4 aromatic carbocycles. The standard InChI is InChI=1S/C32H30N2O2S/c1-23(2)26-15-13-24(14-16-26)21-30(34-31(35)27-11-7-4-8-12-27)32(36)33-28-17-19-29(20-18-28)37-22-25-9-5-3-6-10-25/h3-21,23H,22H2,1-2H3,(H,33,36)(H,34,35)/b30-21-.